The Hall–Kier alpha value is -2.05. The number of aryl methyl sites for hydroxylation is 1. The number of carbonyl (C=O) groups is 1. The normalized spacial score (nSPS) is 11.0. The van der Waals surface area contributed by atoms with Crippen LogP contribution in [0.4, 0.5) is 11.4 Å². The summed E-state index contributed by atoms with van der Waals surface area (Å²) >= 11 is 5.87. The number of sulfonamides is 1. The molecular formula is C15H15ClN2O3S. The van der Waals surface area contributed by atoms with Gasteiger partial charge in [-0.05, 0) is 48.9 Å². The first-order valence-electron chi connectivity index (χ1n) is 6.40. The Morgan fingerprint density at radius 2 is 1.86 bits per heavy atom. The number of benzene rings is 2. The maximum absolute atomic E-state index is 12.2. The molecule has 0 saturated carbocycles. The number of nitrogens with one attached hydrogen (secondary N) is 2. The highest BCUT2D eigenvalue weighted by Crippen LogP contribution is 2.21. The molecule has 0 spiro atoms. The van der Waals surface area contributed by atoms with E-state index < -0.39 is 10.0 Å². The number of carbonyl (C=O) groups excluding carboxylic acids is 1. The average molecular weight is 339 g/mol. The summed E-state index contributed by atoms with van der Waals surface area (Å²) in [6.07, 6.45) is 1.05. The number of hydrogen-bond acceptors (Lipinski definition) is 3. The van der Waals surface area contributed by atoms with Crippen LogP contribution in [0.2, 0.25) is 5.02 Å². The van der Waals surface area contributed by atoms with Gasteiger partial charge in [0.1, 0.15) is 0 Å². The molecule has 0 heterocycles. The summed E-state index contributed by atoms with van der Waals surface area (Å²) in [4.78, 5) is 12.2. The standard InChI is InChI=1S/C15H15ClN2O3S/c1-10-8-12(16)6-7-14(10)17-15(19)11-4-3-5-13(9-11)18-22(2,20)21/h3-9,18H,1-2H3,(H,17,19). The molecule has 0 saturated heterocycles. The van der Waals surface area contributed by atoms with E-state index in [0.717, 1.165) is 11.8 Å². The van der Waals surface area contributed by atoms with Crippen LogP contribution >= 0.6 is 11.6 Å². The molecule has 5 nitrogen and oxygen atoms in total. The van der Waals surface area contributed by atoms with Crippen molar-refractivity contribution in [2.45, 2.75) is 6.92 Å². The van der Waals surface area contributed by atoms with Gasteiger partial charge in [0.05, 0.1) is 6.26 Å². The maximum atomic E-state index is 12.2. The lowest BCUT2D eigenvalue weighted by Crippen LogP contribution is -2.14. The zero-order valence-corrected chi connectivity index (χ0v) is 13.6. The second-order valence-electron chi connectivity index (χ2n) is 4.87. The highest BCUT2D eigenvalue weighted by atomic mass is 35.5. The molecule has 1 amide bonds. The van der Waals surface area contributed by atoms with Gasteiger partial charge in [0.25, 0.3) is 5.91 Å². The summed E-state index contributed by atoms with van der Waals surface area (Å²) in [6, 6.07) is 11.4. The Balaban J connectivity index is 2.21. The van der Waals surface area contributed by atoms with Crippen LogP contribution in [0.1, 0.15) is 15.9 Å². The number of amides is 1. The summed E-state index contributed by atoms with van der Waals surface area (Å²) in [6.45, 7) is 1.84. The minimum Gasteiger partial charge on any atom is -0.322 e. The lowest BCUT2D eigenvalue weighted by atomic mass is 10.1. The first kappa shape index (κ1) is 16.3. The molecule has 0 aliphatic carbocycles. The fourth-order valence-corrected chi connectivity index (χ4v) is 2.68. The third kappa shape index (κ3) is 4.47. The largest absolute Gasteiger partial charge is 0.322 e. The molecule has 0 aromatic heterocycles. The van der Waals surface area contributed by atoms with Crippen molar-refractivity contribution in [1.82, 2.24) is 0 Å². The third-order valence-electron chi connectivity index (χ3n) is 2.86. The predicted octanol–water partition coefficient (Wildman–Crippen LogP) is 3.27. The van der Waals surface area contributed by atoms with Crippen LogP contribution in [-0.4, -0.2) is 20.6 Å². The van der Waals surface area contributed by atoms with Crippen molar-refractivity contribution in [2.75, 3.05) is 16.3 Å². The number of anilines is 2. The van der Waals surface area contributed by atoms with Crippen LogP contribution in [-0.2, 0) is 10.0 Å². The van der Waals surface area contributed by atoms with Crippen LogP contribution in [0.5, 0.6) is 0 Å². The molecule has 22 heavy (non-hydrogen) atoms. The van der Waals surface area contributed by atoms with Crippen LogP contribution in [0.3, 0.4) is 0 Å². The molecule has 0 unspecified atom stereocenters. The van der Waals surface area contributed by atoms with E-state index in [1.807, 2.05) is 6.92 Å². The highest BCUT2D eigenvalue weighted by Gasteiger charge is 2.10. The quantitative estimate of drug-likeness (QED) is 0.898. The smallest absolute Gasteiger partial charge is 0.255 e. The van der Waals surface area contributed by atoms with E-state index in [0.29, 0.717) is 22.0 Å². The first-order valence-corrected chi connectivity index (χ1v) is 8.67. The molecule has 0 radical (unpaired) electrons. The van der Waals surface area contributed by atoms with E-state index in [4.69, 9.17) is 11.6 Å². The lowest BCUT2D eigenvalue weighted by molar-refractivity contribution is 0.102. The molecule has 116 valence electrons. The fourth-order valence-electron chi connectivity index (χ4n) is 1.90. The first-order chi connectivity index (χ1) is 10.2. The summed E-state index contributed by atoms with van der Waals surface area (Å²) in [5.41, 5.74) is 2.17. The minimum absolute atomic E-state index is 0.331. The molecule has 0 aliphatic heterocycles. The molecule has 7 heteroatoms. The maximum Gasteiger partial charge on any atom is 0.255 e. The molecule has 2 rings (SSSR count). The molecule has 0 fully saturated rings. The van der Waals surface area contributed by atoms with Gasteiger partial charge in [-0.1, -0.05) is 17.7 Å². The van der Waals surface area contributed by atoms with Gasteiger partial charge >= 0.3 is 0 Å². The van der Waals surface area contributed by atoms with Crippen molar-refractivity contribution in [3.63, 3.8) is 0 Å². The summed E-state index contributed by atoms with van der Waals surface area (Å²) < 4.78 is 24.8. The van der Waals surface area contributed by atoms with Crippen molar-refractivity contribution in [3.8, 4) is 0 Å². The van der Waals surface area contributed by atoms with Gasteiger partial charge in [0.2, 0.25) is 10.0 Å². The fraction of sp³-hybridized carbons (Fsp3) is 0.133. The van der Waals surface area contributed by atoms with Crippen LogP contribution in [0.25, 0.3) is 0 Å². The molecule has 2 aromatic carbocycles. The van der Waals surface area contributed by atoms with Gasteiger partial charge in [-0.3, -0.25) is 9.52 Å². The Bertz CT molecular complexity index is 819. The Morgan fingerprint density at radius 3 is 2.50 bits per heavy atom. The Morgan fingerprint density at radius 1 is 1.14 bits per heavy atom. The van der Waals surface area contributed by atoms with Crippen molar-refractivity contribution in [2.24, 2.45) is 0 Å². The van der Waals surface area contributed by atoms with E-state index in [9.17, 15) is 13.2 Å². The van der Waals surface area contributed by atoms with Gasteiger partial charge in [0, 0.05) is 22.0 Å². The van der Waals surface area contributed by atoms with Gasteiger partial charge in [0.15, 0.2) is 0 Å². The van der Waals surface area contributed by atoms with Crippen LogP contribution < -0.4 is 10.0 Å². The SMILES string of the molecule is Cc1cc(Cl)ccc1NC(=O)c1cccc(NS(C)(=O)=O)c1. The van der Waals surface area contributed by atoms with E-state index in [2.05, 4.69) is 10.0 Å². The van der Waals surface area contributed by atoms with Crippen LogP contribution in [0.15, 0.2) is 42.5 Å². The van der Waals surface area contributed by atoms with Crippen LogP contribution in [0, 0.1) is 6.92 Å². The van der Waals surface area contributed by atoms with Crippen molar-refractivity contribution < 1.29 is 13.2 Å². The number of hydrogen-bond donors (Lipinski definition) is 2. The minimum atomic E-state index is -3.39. The highest BCUT2D eigenvalue weighted by molar-refractivity contribution is 7.92. The summed E-state index contributed by atoms with van der Waals surface area (Å²) in [5.74, 6) is -0.331. The second kappa shape index (κ2) is 6.37. The number of halogens is 1. The topological polar surface area (TPSA) is 75.3 Å². The lowest BCUT2D eigenvalue weighted by Gasteiger charge is -2.10. The molecule has 0 atom stereocenters. The van der Waals surface area contributed by atoms with E-state index in [1.54, 1.807) is 36.4 Å². The molecular weight excluding hydrogens is 324 g/mol. The van der Waals surface area contributed by atoms with E-state index in [-0.39, 0.29) is 5.91 Å². The van der Waals surface area contributed by atoms with Crippen molar-refractivity contribution in [1.29, 1.82) is 0 Å². The summed E-state index contributed by atoms with van der Waals surface area (Å²) in [7, 11) is -3.39. The predicted molar refractivity (Wildman–Crippen MR) is 89.1 cm³/mol. The zero-order chi connectivity index (χ0) is 16.3. The van der Waals surface area contributed by atoms with Gasteiger partial charge in [-0.15, -0.1) is 0 Å². The van der Waals surface area contributed by atoms with Gasteiger partial charge in [-0.25, -0.2) is 8.42 Å². The third-order valence-corrected chi connectivity index (χ3v) is 3.71. The average Bonchev–Trinajstić information content (AvgIpc) is 2.40. The second-order valence-corrected chi connectivity index (χ2v) is 7.05. The summed E-state index contributed by atoms with van der Waals surface area (Å²) in [5, 5.41) is 3.36. The Kier molecular flexibility index (Phi) is 4.73. The van der Waals surface area contributed by atoms with Gasteiger partial charge in [-0.2, -0.15) is 0 Å². The molecule has 0 aliphatic rings. The molecule has 2 N–H and O–H groups in total. The van der Waals surface area contributed by atoms with E-state index >= 15 is 0 Å². The van der Waals surface area contributed by atoms with Gasteiger partial charge < -0.3 is 5.32 Å². The monoisotopic (exact) mass is 338 g/mol. The van der Waals surface area contributed by atoms with E-state index in [1.165, 1.54) is 6.07 Å². The zero-order valence-electron chi connectivity index (χ0n) is 12.1. The number of rotatable bonds is 4. The van der Waals surface area contributed by atoms with Crippen molar-refractivity contribution in [3.05, 3.63) is 58.6 Å². The molecule has 0 bridgehead atoms. The molecule has 2 aromatic rings. The van der Waals surface area contributed by atoms with Crippen molar-refractivity contribution >= 4 is 38.9 Å². The Labute approximate surface area is 134 Å².